The van der Waals surface area contributed by atoms with Gasteiger partial charge in [0.1, 0.15) is 23.8 Å². The first kappa shape index (κ1) is 20.3. The van der Waals surface area contributed by atoms with Gasteiger partial charge in [0.2, 0.25) is 5.78 Å². The van der Waals surface area contributed by atoms with Crippen LogP contribution in [-0.2, 0) is 16.1 Å². The topological polar surface area (TPSA) is 65.7 Å². The minimum atomic E-state index is -0.921. The van der Waals surface area contributed by atoms with Gasteiger partial charge in [-0.1, -0.05) is 23.7 Å². The molecule has 1 aliphatic rings. The van der Waals surface area contributed by atoms with E-state index in [4.69, 9.17) is 21.1 Å². The van der Waals surface area contributed by atoms with Crippen LogP contribution in [0.15, 0.2) is 73.3 Å². The van der Waals surface area contributed by atoms with Gasteiger partial charge in [-0.25, -0.2) is 4.98 Å². The van der Waals surface area contributed by atoms with Crippen molar-refractivity contribution in [3.63, 3.8) is 0 Å². The number of hydrogen-bond acceptors (Lipinski definition) is 5. The fourth-order valence-corrected chi connectivity index (χ4v) is 3.86. The van der Waals surface area contributed by atoms with Crippen molar-refractivity contribution in [3.8, 4) is 5.75 Å². The molecule has 32 heavy (non-hydrogen) atoms. The summed E-state index contributed by atoms with van der Waals surface area (Å²) in [7, 11) is 0. The van der Waals surface area contributed by atoms with Crippen LogP contribution < -0.4 is 4.74 Å². The van der Waals surface area contributed by atoms with Crippen LogP contribution in [0.4, 0.5) is 0 Å². The van der Waals surface area contributed by atoms with Crippen LogP contribution in [0.3, 0.4) is 0 Å². The maximum atomic E-state index is 13.1. The summed E-state index contributed by atoms with van der Waals surface area (Å²) in [5.41, 5.74) is 2.84. The van der Waals surface area contributed by atoms with Crippen molar-refractivity contribution in [2.45, 2.75) is 26.1 Å². The quantitative estimate of drug-likeness (QED) is 0.422. The van der Waals surface area contributed by atoms with E-state index in [9.17, 15) is 4.79 Å². The average molecular weight is 446 g/mol. The van der Waals surface area contributed by atoms with Crippen LogP contribution in [-0.4, -0.2) is 25.8 Å². The highest BCUT2D eigenvalue weighted by atomic mass is 35.5. The lowest BCUT2D eigenvalue weighted by molar-refractivity contribution is -0.125. The molecule has 0 unspecified atom stereocenters. The molecule has 3 aromatic heterocycles. The minimum Gasteiger partial charge on any atom is -0.487 e. The highest BCUT2D eigenvalue weighted by Gasteiger charge is 2.42. The van der Waals surface area contributed by atoms with E-state index in [2.05, 4.69) is 9.97 Å². The Hall–Kier alpha value is -3.64. The van der Waals surface area contributed by atoms with Gasteiger partial charge < -0.3 is 13.9 Å². The number of hydrogen-bond donors (Lipinski definition) is 0. The van der Waals surface area contributed by atoms with Gasteiger partial charge in [-0.3, -0.25) is 9.78 Å². The summed E-state index contributed by atoms with van der Waals surface area (Å²) < 4.78 is 13.8. The lowest BCUT2D eigenvalue weighted by Crippen LogP contribution is -2.29. The number of pyridine rings is 2. The summed E-state index contributed by atoms with van der Waals surface area (Å²) in [6, 6.07) is 14.8. The third kappa shape index (κ3) is 3.74. The number of ether oxygens (including phenoxy) is 2. The summed E-state index contributed by atoms with van der Waals surface area (Å²) >= 11 is 6.03. The van der Waals surface area contributed by atoms with Gasteiger partial charge >= 0.3 is 0 Å². The molecule has 0 aliphatic carbocycles. The van der Waals surface area contributed by atoms with Gasteiger partial charge in [-0.15, -0.1) is 0 Å². The third-order valence-electron chi connectivity index (χ3n) is 5.30. The number of Topliss-reactive ketones (excluding diaryl/α,β-unsaturated/α-hetero) is 1. The molecule has 0 amide bonds. The maximum Gasteiger partial charge on any atom is 0.210 e. The van der Waals surface area contributed by atoms with Crippen LogP contribution in [0.2, 0.25) is 5.02 Å². The second-order valence-corrected chi connectivity index (χ2v) is 8.48. The van der Waals surface area contributed by atoms with E-state index < -0.39 is 5.60 Å². The van der Waals surface area contributed by atoms with Gasteiger partial charge in [0.25, 0.3) is 0 Å². The summed E-state index contributed by atoms with van der Waals surface area (Å²) in [5, 5.41) is 0.645. The predicted molar refractivity (Wildman–Crippen MR) is 122 cm³/mol. The molecule has 4 heterocycles. The van der Waals surface area contributed by atoms with E-state index >= 15 is 0 Å². The van der Waals surface area contributed by atoms with Crippen LogP contribution in [0, 0.1) is 0 Å². The van der Waals surface area contributed by atoms with Crippen molar-refractivity contribution in [2.75, 3.05) is 0 Å². The molecule has 0 spiro atoms. The number of carbonyl (C=O) groups excluding carboxylic acids is 1. The number of nitrogens with zero attached hydrogens (tertiary/aromatic N) is 3. The summed E-state index contributed by atoms with van der Waals surface area (Å²) in [6.07, 6.45) is 7.06. The summed E-state index contributed by atoms with van der Waals surface area (Å²) in [5.74, 6) is 1.20. The monoisotopic (exact) mass is 445 g/mol. The second-order valence-electron chi connectivity index (χ2n) is 8.04. The van der Waals surface area contributed by atoms with Gasteiger partial charge in [0, 0.05) is 30.4 Å². The molecule has 0 fully saturated rings. The lowest BCUT2D eigenvalue weighted by Gasteiger charge is -2.17. The van der Waals surface area contributed by atoms with E-state index in [0.29, 0.717) is 28.7 Å². The molecule has 0 saturated heterocycles. The van der Waals surface area contributed by atoms with Gasteiger partial charge in [0.05, 0.1) is 16.3 Å². The third-order valence-corrected chi connectivity index (χ3v) is 5.52. The van der Waals surface area contributed by atoms with Crippen molar-refractivity contribution in [1.82, 2.24) is 14.4 Å². The maximum absolute atomic E-state index is 13.1. The van der Waals surface area contributed by atoms with Crippen LogP contribution >= 0.6 is 11.6 Å². The molecule has 160 valence electrons. The molecule has 0 saturated carbocycles. The summed E-state index contributed by atoms with van der Waals surface area (Å²) in [4.78, 5) is 21.6. The molecule has 0 N–H and O–H groups in total. The van der Waals surface area contributed by atoms with Gasteiger partial charge in [-0.05, 0) is 55.8 Å². The van der Waals surface area contributed by atoms with Crippen molar-refractivity contribution in [2.24, 2.45) is 0 Å². The highest BCUT2D eigenvalue weighted by molar-refractivity contribution is 6.32. The van der Waals surface area contributed by atoms with Crippen molar-refractivity contribution in [3.05, 3.63) is 95.2 Å². The Morgan fingerprint density at radius 1 is 1.00 bits per heavy atom. The highest BCUT2D eigenvalue weighted by Crippen LogP contribution is 2.41. The number of benzene rings is 1. The first-order chi connectivity index (χ1) is 15.4. The van der Waals surface area contributed by atoms with E-state index in [0.717, 1.165) is 22.5 Å². The fourth-order valence-electron chi connectivity index (χ4n) is 3.69. The molecular weight excluding hydrogens is 426 g/mol. The molecule has 1 aromatic carbocycles. The van der Waals surface area contributed by atoms with Crippen molar-refractivity contribution < 1.29 is 14.3 Å². The molecule has 6 nitrogen and oxygen atoms in total. The largest absolute Gasteiger partial charge is 0.487 e. The normalized spacial score (nSPS) is 15.3. The predicted octanol–water partition coefficient (Wildman–Crippen LogP) is 5.21. The number of carbonyl (C=O) groups is 1. The summed E-state index contributed by atoms with van der Waals surface area (Å²) in [6.45, 7) is 3.88. The Morgan fingerprint density at radius 3 is 2.50 bits per heavy atom. The molecular formula is C25H20ClN3O3. The average Bonchev–Trinajstić information content (AvgIpc) is 3.30. The molecule has 5 rings (SSSR count). The zero-order chi connectivity index (χ0) is 22.3. The van der Waals surface area contributed by atoms with E-state index in [1.54, 1.807) is 38.5 Å². The molecule has 4 aromatic rings. The van der Waals surface area contributed by atoms with E-state index in [-0.39, 0.29) is 5.78 Å². The Kier molecular flexibility index (Phi) is 4.94. The van der Waals surface area contributed by atoms with E-state index in [1.807, 2.05) is 53.1 Å². The lowest BCUT2D eigenvalue weighted by atomic mass is 9.93. The van der Waals surface area contributed by atoms with Crippen LogP contribution in [0.1, 0.15) is 30.7 Å². The number of imidazole rings is 1. The Labute approximate surface area is 190 Å². The van der Waals surface area contributed by atoms with Gasteiger partial charge in [-0.2, -0.15) is 0 Å². The number of halogens is 1. The molecule has 0 radical (unpaired) electrons. The first-order valence-electron chi connectivity index (χ1n) is 10.2. The number of rotatable bonds is 5. The Bertz CT molecular complexity index is 1340. The molecule has 0 atom stereocenters. The zero-order valence-corrected chi connectivity index (χ0v) is 18.3. The van der Waals surface area contributed by atoms with Gasteiger partial charge in [0.15, 0.2) is 5.60 Å². The molecule has 0 bridgehead atoms. The Balaban J connectivity index is 1.38. The standard InChI is InChI=1S/C25H20ClN3O3/c1-25(2)24(30)22(23(32-25)17-9-11-27-12-10-17)16-3-6-20(7-4-16)31-15-19-14-29-13-18(26)5-8-21(29)28-19/h3-14H,15H2,1-2H3. The number of fused-ring (bicyclic) bond motifs is 1. The smallest absolute Gasteiger partial charge is 0.210 e. The van der Waals surface area contributed by atoms with Crippen LogP contribution in [0.25, 0.3) is 17.0 Å². The first-order valence-corrected chi connectivity index (χ1v) is 10.5. The van der Waals surface area contributed by atoms with Crippen molar-refractivity contribution in [1.29, 1.82) is 0 Å². The van der Waals surface area contributed by atoms with E-state index in [1.165, 1.54) is 0 Å². The van der Waals surface area contributed by atoms with Crippen molar-refractivity contribution >= 4 is 34.4 Å². The zero-order valence-electron chi connectivity index (χ0n) is 17.6. The molecule has 7 heteroatoms. The second kappa shape index (κ2) is 7.80. The Morgan fingerprint density at radius 2 is 1.75 bits per heavy atom. The molecule has 1 aliphatic heterocycles. The minimum absolute atomic E-state index is 0.0543. The number of aromatic nitrogens is 3. The van der Waals surface area contributed by atoms with Crippen LogP contribution in [0.5, 0.6) is 5.75 Å². The SMILES string of the molecule is CC1(C)OC(c2ccncc2)=C(c2ccc(OCc3cn4cc(Cl)ccc4n3)cc2)C1=O. The fraction of sp³-hybridized carbons (Fsp3) is 0.160. The number of ketones is 1.